The Bertz CT molecular complexity index is 355. The first-order valence-electron chi connectivity index (χ1n) is 5.24. The van der Waals surface area contributed by atoms with Gasteiger partial charge in [-0.05, 0) is 31.5 Å². The third kappa shape index (κ3) is 4.33. The average Bonchev–Trinajstić information content (AvgIpc) is 2.21. The van der Waals surface area contributed by atoms with Gasteiger partial charge in [-0.15, -0.1) is 0 Å². The molecule has 0 aromatic heterocycles. The molecule has 88 valence electrons. The van der Waals surface area contributed by atoms with Gasteiger partial charge in [0.15, 0.2) is 0 Å². The molecule has 0 saturated carbocycles. The van der Waals surface area contributed by atoms with E-state index in [0.29, 0.717) is 17.9 Å². The number of ether oxygens (including phenoxy) is 1. The summed E-state index contributed by atoms with van der Waals surface area (Å²) in [5, 5.41) is 0.688. The van der Waals surface area contributed by atoms with Crippen LogP contribution in [0.5, 0.6) is 0 Å². The molecule has 0 radical (unpaired) electrons. The van der Waals surface area contributed by atoms with Crippen LogP contribution in [0.4, 0.5) is 0 Å². The summed E-state index contributed by atoms with van der Waals surface area (Å²) in [5.41, 5.74) is 0.602. The molecule has 0 amide bonds. The molecule has 16 heavy (non-hydrogen) atoms. The maximum Gasteiger partial charge on any atom is 0.140 e. The van der Waals surface area contributed by atoms with Gasteiger partial charge in [0, 0.05) is 25.0 Å². The van der Waals surface area contributed by atoms with Gasteiger partial charge in [0.2, 0.25) is 0 Å². The second kappa shape index (κ2) is 5.46. The van der Waals surface area contributed by atoms with Crippen molar-refractivity contribution < 1.29 is 9.53 Å². The lowest BCUT2D eigenvalue weighted by molar-refractivity contribution is -0.123. The summed E-state index contributed by atoms with van der Waals surface area (Å²) < 4.78 is 5.22. The van der Waals surface area contributed by atoms with Gasteiger partial charge in [-0.3, -0.25) is 4.79 Å². The van der Waals surface area contributed by atoms with Crippen molar-refractivity contribution >= 4 is 17.4 Å². The Labute approximate surface area is 102 Å². The fraction of sp³-hybridized carbons (Fsp3) is 0.462. The van der Waals surface area contributed by atoms with E-state index < -0.39 is 0 Å². The van der Waals surface area contributed by atoms with E-state index in [-0.39, 0.29) is 11.4 Å². The first-order valence-corrected chi connectivity index (χ1v) is 5.62. The zero-order valence-electron chi connectivity index (χ0n) is 9.92. The highest BCUT2D eigenvalue weighted by molar-refractivity contribution is 6.30. The summed E-state index contributed by atoms with van der Waals surface area (Å²) in [6.07, 6.45) is 0.857. The third-order valence-electron chi connectivity index (χ3n) is 2.49. The van der Waals surface area contributed by atoms with E-state index >= 15 is 0 Å². The molecule has 0 fully saturated rings. The molecule has 0 N–H and O–H groups in total. The number of carbonyl (C=O) groups is 1. The lowest BCUT2D eigenvalue weighted by Crippen LogP contribution is -2.27. The highest BCUT2D eigenvalue weighted by atomic mass is 35.5. The van der Waals surface area contributed by atoms with Gasteiger partial charge in [-0.25, -0.2) is 0 Å². The molecule has 0 unspecified atom stereocenters. The molecule has 0 saturated heterocycles. The van der Waals surface area contributed by atoms with E-state index in [0.717, 1.165) is 5.56 Å². The number of benzene rings is 1. The topological polar surface area (TPSA) is 26.3 Å². The number of rotatable bonds is 5. The second-order valence-electron chi connectivity index (χ2n) is 4.48. The standard InChI is InChI=1S/C13H17ClO2/c1-13(2,16-3)9-12(15)8-10-4-6-11(14)7-5-10/h4-7H,8-9H2,1-3H3. The fourth-order valence-corrected chi connectivity index (χ4v) is 1.57. The van der Waals surface area contributed by atoms with Crippen LogP contribution in [0.15, 0.2) is 24.3 Å². The van der Waals surface area contributed by atoms with Gasteiger partial charge in [-0.1, -0.05) is 23.7 Å². The molecule has 0 heterocycles. The van der Waals surface area contributed by atoms with E-state index in [4.69, 9.17) is 16.3 Å². The molecule has 0 bridgehead atoms. The number of Topliss-reactive ketones (excluding diaryl/α,β-unsaturated/α-hetero) is 1. The number of hydrogen-bond donors (Lipinski definition) is 0. The largest absolute Gasteiger partial charge is 0.378 e. The SMILES string of the molecule is COC(C)(C)CC(=O)Cc1ccc(Cl)cc1. The van der Waals surface area contributed by atoms with Crippen LogP contribution in [0.1, 0.15) is 25.8 Å². The van der Waals surface area contributed by atoms with Crippen LogP contribution in [0, 0.1) is 0 Å². The summed E-state index contributed by atoms with van der Waals surface area (Å²) in [6.45, 7) is 3.82. The maximum atomic E-state index is 11.8. The number of methoxy groups -OCH3 is 1. The quantitative estimate of drug-likeness (QED) is 0.790. The van der Waals surface area contributed by atoms with Crippen molar-refractivity contribution in [2.24, 2.45) is 0 Å². The molecule has 0 atom stereocenters. The van der Waals surface area contributed by atoms with Crippen LogP contribution in [0.3, 0.4) is 0 Å². The number of halogens is 1. The van der Waals surface area contributed by atoms with Gasteiger partial charge >= 0.3 is 0 Å². The van der Waals surface area contributed by atoms with Crippen molar-refractivity contribution in [3.05, 3.63) is 34.9 Å². The molecule has 0 aliphatic carbocycles. The molecule has 1 aromatic carbocycles. The fourth-order valence-electron chi connectivity index (χ4n) is 1.44. The van der Waals surface area contributed by atoms with Crippen molar-refractivity contribution in [2.75, 3.05) is 7.11 Å². The monoisotopic (exact) mass is 240 g/mol. The Morgan fingerprint density at radius 1 is 1.31 bits per heavy atom. The Morgan fingerprint density at radius 2 is 1.88 bits per heavy atom. The summed E-state index contributed by atoms with van der Waals surface area (Å²) in [7, 11) is 1.62. The molecule has 0 aliphatic rings. The molecular weight excluding hydrogens is 224 g/mol. The van der Waals surface area contributed by atoms with Crippen molar-refractivity contribution in [3.8, 4) is 0 Å². The minimum atomic E-state index is -0.385. The Hall–Kier alpha value is -0.860. The lowest BCUT2D eigenvalue weighted by Gasteiger charge is -2.21. The third-order valence-corrected chi connectivity index (χ3v) is 2.74. The number of hydrogen-bond acceptors (Lipinski definition) is 2. The van der Waals surface area contributed by atoms with Crippen LogP contribution in [0.2, 0.25) is 5.02 Å². The zero-order valence-corrected chi connectivity index (χ0v) is 10.7. The van der Waals surface area contributed by atoms with Gasteiger partial charge in [0.05, 0.1) is 5.60 Å². The number of ketones is 1. The van der Waals surface area contributed by atoms with E-state index in [1.54, 1.807) is 19.2 Å². The van der Waals surface area contributed by atoms with Gasteiger partial charge < -0.3 is 4.74 Å². The minimum absolute atomic E-state index is 0.175. The van der Waals surface area contributed by atoms with Crippen molar-refractivity contribution in [3.63, 3.8) is 0 Å². The molecular formula is C13H17ClO2. The summed E-state index contributed by atoms with van der Waals surface area (Å²) in [5.74, 6) is 0.175. The van der Waals surface area contributed by atoms with Crippen molar-refractivity contribution in [1.82, 2.24) is 0 Å². The second-order valence-corrected chi connectivity index (χ2v) is 4.92. The maximum absolute atomic E-state index is 11.8. The lowest BCUT2D eigenvalue weighted by atomic mass is 9.97. The Morgan fingerprint density at radius 3 is 2.38 bits per heavy atom. The van der Waals surface area contributed by atoms with Gasteiger partial charge in [0.1, 0.15) is 5.78 Å². The first-order chi connectivity index (χ1) is 7.43. The normalized spacial score (nSPS) is 11.5. The zero-order chi connectivity index (χ0) is 12.2. The smallest absolute Gasteiger partial charge is 0.140 e. The predicted molar refractivity (Wildman–Crippen MR) is 65.9 cm³/mol. The molecule has 3 heteroatoms. The minimum Gasteiger partial charge on any atom is -0.378 e. The number of carbonyl (C=O) groups excluding carboxylic acids is 1. The van der Waals surface area contributed by atoms with E-state index in [9.17, 15) is 4.79 Å². The van der Waals surface area contributed by atoms with Crippen molar-refractivity contribution in [1.29, 1.82) is 0 Å². The molecule has 0 aliphatic heterocycles. The van der Waals surface area contributed by atoms with E-state index in [1.165, 1.54) is 0 Å². The van der Waals surface area contributed by atoms with Crippen LogP contribution in [-0.2, 0) is 16.0 Å². The Balaban J connectivity index is 2.55. The summed E-state index contributed by atoms with van der Waals surface area (Å²) >= 11 is 5.77. The Kier molecular flexibility index (Phi) is 4.51. The molecule has 1 aromatic rings. The predicted octanol–water partition coefficient (Wildman–Crippen LogP) is 3.27. The van der Waals surface area contributed by atoms with Crippen molar-refractivity contribution in [2.45, 2.75) is 32.3 Å². The summed E-state index contributed by atoms with van der Waals surface area (Å²) in [4.78, 5) is 11.8. The molecule has 1 rings (SSSR count). The first kappa shape index (κ1) is 13.2. The molecule has 0 spiro atoms. The van der Waals surface area contributed by atoms with E-state index in [2.05, 4.69) is 0 Å². The van der Waals surface area contributed by atoms with E-state index in [1.807, 2.05) is 26.0 Å². The van der Waals surface area contributed by atoms with Crippen LogP contribution >= 0.6 is 11.6 Å². The van der Waals surface area contributed by atoms with Crippen LogP contribution in [-0.4, -0.2) is 18.5 Å². The van der Waals surface area contributed by atoms with Gasteiger partial charge in [-0.2, -0.15) is 0 Å². The average molecular weight is 241 g/mol. The highest BCUT2D eigenvalue weighted by Crippen LogP contribution is 2.16. The highest BCUT2D eigenvalue weighted by Gasteiger charge is 2.20. The summed E-state index contributed by atoms with van der Waals surface area (Å²) in [6, 6.07) is 7.34. The van der Waals surface area contributed by atoms with Crippen LogP contribution in [0.25, 0.3) is 0 Å². The van der Waals surface area contributed by atoms with Gasteiger partial charge in [0.25, 0.3) is 0 Å². The van der Waals surface area contributed by atoms with Crippen LogP contribution < -0.4 is 0 Å². The molecule has 2 nitrogen and oxygen atoms in total.